The molecule has 5 aliphatic heterocycles. The minimum atomic E-state index is -4.53. The summed E-state index contributed by atoms with van der Waals surface area (Å²) in [6, 6.07) is 14.3. The first-order valence-corrected chi connectivity index (χ1v) is 12.8. The van der Waals surface area contributed by atoms with E-state index in [9.17, 15) is 18.0 Å². The molecule has 0 spiro atoms. The van der Waals surface area contributed by atoms with E-state index in [1.54, 1.807) is 24.3 Å². The third-order valence-corrected chi connectivity index (χ3v) is 6.62. The number of hydrogen-bond acceptors (Lipinski definition) is 8. The van der Waals surface area contributed by atoms with Crippen molar-refractivity contribution in [1.82, 2.24) is 25.2 Å². The van der Waals surface area contributed by atoms with E-state index < -0.39 is 18.8 Å². The molecule has 6 heterocycles. The van der Waals surface area contributed by atoms with Crippen LogP contribution in [0.4, 0.5) is 19.1 Å². The number of hydrogen-bond donors (Lipinski definition) is 2. The minimum Gasteiger partial charge on any atom is -0.492 e. The van der Waals surface area contributed by atoms with E-state index in [0.717, 1.165) is 42.8 Å². The summed E-state index contributed by atoms with van der Waals surface area (Å²) in [5, 5.41) is 6.07. The number of alkyl halides is 3. The second kappa shape index (κ2) is 11.9. The van der Waals surface area contributed by atoms with Gasteiger partial charge in [-0.05, 0) is 54.8 Å². The third-order valence-electron chi connectivity index (χ3n) is 6.62. The van der Waals surface area contributed by atoms with Gasteiger partial charge in [0.05, 0.1) is 0 Å². The summed E-state index contributed by atoms with van der Waals surface area (Å²) in [7, 11) is 0. The molecule has 0 aliphatic carbocycles. The number of benzene rings is 2. The molecule has 6 bridgehead atoms. The monoisotopic (exact) mass is 542 g/mol. The second-order valence-corrected chi connectivity index (χ2v) is 9.52. The number of halogens is 3. The van der Waals surface area contributed by atoms with Gasteiger partial charge in [0, 0.05) is 37.7 Å². The van der Waals surface area contributed by atoms with Gasteiger partial charge in [-0.1, -0.05) is 24.3 Å². The zero-order chi connectivity index (χ0) is 27.2. The quantitative estimate of drug-likeness (QED) is 0.507. The Kier molecular flexibility index (Phi) is 8.10. The molecule has 2 N–H and O–H groups in total. The van der Waals surface area contributed by atoms with E-state index >= 15 is 0 Å². The van der Waals surface area contributed by atoms with Crippen molar-refractivity contribution in [1.29, 1.82) is 0 Å². The van der Waals surface area contributed by atoms with E-state index in [2.05, 4.69) is 30.5 Å². The molecule has 12 heteroatoms. The fourth-order valence-corrected chi connectivity index (χ4v) is 4.62. The summed E-state index contributed by atoms with van der Waals surface area (Å²) < 4.78 is 48.9. The molecule has 1 saturated heterocycles. The molecule has 1 atom stereocenters. The zero-order valence-corrected chi connectivity index (χ0v) is 21.2. The summed E-state index contributed by atoms with van der Waals surface area (Å²) in [4.78, 5) is 27.5. The van der Waals surface area contributed by atoms with Gasteiger partial charge in [0.15, 0.2) is 6.61 Å². The van der Waals surface area contributed by atoms with E-state index in [1.807, 2.05) is 24.3 Å². The fraction of sp³-hybridized carbons (Fsp3) is 0.407. The molecule has 1 aromatic heterocycles. The van der Waals surface area contributed by atoms with Gasteiger partial charge in [-0.25, -0.2) is 0 Å². The number of aromatic nitrogens is 3. The van der Waals surface area contributed by atoms with Gasteiger partial charge in [-0.15, -0.1) is 0 Å². The van der Waals surface area contributed by atoms with Crippen LogP contribution in [0.1, 0.15) is 40.2 Å². The van der Waals surface area contributed by atoms with Crippen LogP contribution < -0.4 is 20.1 Å². The number of carbonyl (C=O) groups is 1. The Morgan fingerprint density at radius 3 is 2.51 bits per heavy atom. The molecule has 2 aromatic carbocycles. The van der Waals surface area contributed by atoms with Crippen molar-refractivity contribution in [2.75, 3.05) is 38.2 Å². The Bertz CT molecular complexity index is 1270. The maximum atomic E-state index is 12.8. The Hall–Kier alpha value is -3.93. The number of ether oxygens (including phenoxy) is 2. The molecule has 0 radical (unpaired) electrons. The molecule has 3 aromatic rings. The van der Waals surface area contributed by atoms with Crippen LogP contribution in [0.3, 0.4) is 0 Å². The van der Waals surface area contributed by atoms with Crippen LogP contribution in [0, 0.1) is 0 Å². The van der Waals surface area contributed by atoms with Crippen molar-refractivity contribution in [3.8, 4) is 11.8 Å². The van der Waals surface area contributed by atoms with Gasteiger partial charge in [0.2, 0.25) is 5.95 Å². The van der Waals surface area contributed by atoms with Crippen molar-refractivity contribution in [3.05, 3.63) is 71.0 Å². The van der Waals surface area contributed by atoms with Crippen LogP contribution in [-0.2, 0) is 13.0 Å². The van der Waals surface area contributed by atoms with Crippen molar-refractivity contribution in [3.63, 3.8) is 0 Å². The fourth-order valence-electron chi connectivity index (χ4n) is 4.62. The first-order chi connectivity index (χ1) is 18.8. The summed E-state index contributed by atoms with van der Waals surface area (Å²) in [5.74, 6) is 0.893. The minimum absolute atomic E-state index is 0.0933. The van der Waals surface area contributed by atoms with Gasteiger partial charge in [-0.3, -0.25) is 9.69 Å². The Morgan fingerprint density at radius 2 is 1.74 bits per heavy atom. The lowest BCUT2D eigenvalue weighted by Gasteiger charge is -2.24. The first-order valence-electron chi connectivity index (χ1n) is 12.8. The molecule has 0 saturated carbocycles. The van der Waals surface area contributed by atoms with Crippen LogP contribution in [0.15, 0.2) is 48.5 Å². The Labute approximate surface area is 223 Å². The number of anilines is 1. The van der Waals surface area contributed by atoms with Crippen molar-refractivity contribution in [2.24, 2.45) is 0 Å². The van der Waals surface area contributed by atoms with Gasteiger partial charge >= 0.3 is 12.2 Å². The van der Waals surface area contributed by atoms with Crippen LogP contribution in [0.2, 0.25) is 0 Å². The maximum absolute atomic E-state index is 12.8. The SMILES string of the molecule is O=C1NC[C@H]2CCCN2CCOc2ccc(cc2)CNc2nc(nc(OCC(F)(F)F)n2)Cc2ccc1cc2. The molecular weight excluding hydrogens is 513 g/mol. The van der Waals surface area contributed by atoms with E-state index in [1.165, 1.54) is 0 Å². The molecule has 39 heavy (non-hydrogen) atoms. The van der Waals surface area contributed by atoms with E-state index in [4.69, 9.17) is 9.47 Å². The number of rotatable bonds is 2. The lowest BCUT2D eigenvalue weighted by molar-refractivity contribution is -0.154. The lowest BCUT2D eigenvalue weighted by atomic mass is 10.1. The molecule has 5 aliphatic rings. The molecule has 0 unspecified atom stereocenters. The van der Waals surface area contributed by atoms with Crippen LogP contribution in [0.5, 0.6) is 11.8 Å². The lowest BCUT2D eigenvalue weighted by Crippen LogP contribution is -2.41. The highest BCUT2D eigenvalue weighted by atomic mass is 19.4. The topological polar surface area (TPSA) is 102 Å². The Morgan fingerprint density at radius 1 is 0.974 bits per heavy atom. The first kappa shape index (κ1) is 26.7. The standard InChI is InChI=1S/C27H29F3N6O3/c28-27(29,30)17-39-26-34-23-14-18-3-7-20(8-4-18)24(37)31-16-21-2-1-11-36(21)12-13-38-22-9-5-19(6-10-22)15-32-25(33-23)35-26/h3-10,21H,1-2,11-17H2,(H,31,37)(H,32,33,34,35)/t21-/m1/s1. The highest BCUT2D eigenvalue weighted by molar-refractivity contribution is 5.94. The van der Waals surface area contributed by atoms with E-state index in [0.29, 0.717) is 25.3 Å². The van der Waals surface area contributed by atoms with Gasteiger partial charge < -0.3 is 20.1 Å². The van der Waals surface area contributed by atoms with Crippen LogP contribution in [0.25, 0.3) is 0 Å². The summed E-state index contributed by atoms with van der Waals surface area (Å²) in [5.41, 5.74) is 2.21. The molecule has 206 valence electrons. The molecule has 1 fully saturated rings. The van der Waals surface area contributed by atoms with Crippen LogP contribution in [-0.4, -0.2) is 70.8 Å². The van der Waals surface area contributed by atoms with Crippen molar-refractivity contribution >= 4 is 11.9 Å². The van der Waals surface area contributed by atoms with E-state index in [-0.39, 0.29) is 30.1 Å². The number of carbonyl (C=O) groups excluding carboxylic acids is 1. The maximum Gasteiger partial charge on any atom is 0.422 e. The number of nitrogens with one attached hydrogen (secondary N) is 2. The highest BCUT2D eigenvalue weighted by Gasteiger charge is 2.29. The summed E-state index contributed by atoms with van der Waals surface area (Å²) in [6.45, 7) is 1.64. The molecule has 8 rings (SSSR count). The molecule has 9 nitrogen and oxygen atoms in total. The summed E-state index contributed by atoms with van der Waals surface area (Å²) >= 11 is 0. The van der Waals surface area contributed by atoms with Gasteiger partial charge in [0.1, 0.15) is 18.2 Å². The van der Waals surface area contributed by atoms with Gasteiger partial charge in [-0.2, -0.15) is 28.1 Å². The number of nitrogens with zero attached hydrogens (tertiary/aromatic N) is 4. The average Bonchev–Trinajstić information content (AvgIpc) is 3.37. The third kappa shape index (κ3) is 7.56. The largest absolute Gasteiger partial charge is 0.492 e. The molecular formula is C27H29F3N6O3. The smallest absolute Gasteiger partial charge is 0.422 e. The zero-order valence-electron chi connectivity index (χ0n) is 21.2. The average molecular weight is 543 g/mol. The van der Waals surface area contributed by atoms with Crippen molar-refractivity contribution < 1.29 is 27.4 Å². The summed E-state index contributed by atoms with van der Waals surface area (Å²) in [6.07, 6.45) is -2.22. The predicted molar refractivity (Wildman–Crippen MR) is 137 cm³/mol. The number of amides is 1. The highest BCUT2D eigenvalue weighted by Crippen LogP contribution is 2.20. The Balaban J connectivity index is 1.39. The van der Waals surface area contributed by atoms with Gasteiger partial charge in [0.25, 0.3) is 5.91 Å². The predicted octanol–water partition coefficient (Wildman–Crippen LogP) is 3.60. The normalized spacial score (nSPS) is 18.7. The van der Waals surface area contributed by atoms with Crippen LogP contribution >= 0.6 is 0 Å². The van der Waals surface area contributed by atoms with Crippen molar-refractivity contribution in [2.45, 2.75) is 38.0 Å². The molecule has 1 amide bonds. The second-order valence-electron chi connectivity index (χ2n) is 9.52.